The molecule has 0 unspecified atom stereocenters. The van der Waals surface area contributed by atoms with E-state index in [0.29, 0.717) is 18.5 Å². The summed E-state index contributed by atoms with van der Waals surface area (Å²) < 4.78 is 51.4. The van der Waals surface area contributed by atoms with Gasteiger partial charge in [0.2, 0.25) is 5.95 Å². The quantitative estimate of drug-likeness (QED) is 0.617. The highest BCUT2D eigenvalue weighted by molar-refractivity contribution is 5.94. The average Bonchev–Trinajstić information content (AvgIpc) is 3.07. The Morgan fingerprint density at radius 1 is 1.32 bits per heavy atom. The van der Waals surface area contributed by atoms with Crippen molar-refractivity contribution in [1.82, 2.24) is 9.97 Å². The van der Waals surface area contributed by atoms with E-state index in [9.17, 15) is 27.2 Å². The van der Waals surface area contributed by atoms with Gasteiger partial charge in [0.25, 0.3) is 5.56 Å². The van der Waals surface area contributed by atoms with Crippen molar-refractivity contribution in [3.63, 3.8) is 0 Å². The summed E-state index contributed by atoms with van der Waals surface area (Å²) in [6.07, 6.45) is -5.12. The fourth-order valence-corrected chi connectivity index (χ4v) is 3.15. The van der Waals surface area contributed by atoms with E-state index in [1.165, 1.54) is 12.1 Å². The van der Waals surface area contributed by atoms with E-state index < -0.39 is 29.3 Å². The molecule has 1 fully saturated rings. The lowest BCUT2D eigenvalue weighted by Crippen LogP contribution is -2.26. The van der Waals surface area contributed by atoms with Gasteiger partial charge in [0.1, 0.15) is 11.9 Å². The first-order chi connectivity index (χ1) is 13.1. The molecular weight excluding hydrogens is 378 g/mol. The molecule has 2 atom stereocenters. The van der Waals surface area contributed by atoms with Crippen LogP contribution in [0.25, 0.3) is 0 Å². The van der Waals surface area contributed by atoms with E-state index >= 15 is 0 Å². The number of carbonyl (C=O) groups is 1. The number of ketones is 1. The highest BCUT2D eigenvalue weighted by Crippen LogP contribution is 2.31. The van der Waals surface area contributed by atoms with Crippen LogP contribution in [0.1, 0.15) is 47.3 Å². The van der Waals surface area contributed by atoms with Crippen molar-refractivity contribution in [2.24, 2.45) is 0 Å². The zero-order valence-electron chi connectivity index (χ0n) is 15.1. The Kier molecular flexibility index (Phi) is 5.53. The third kappa shape index (κ3) is 4.58. The first-order valence-electron chi connectivity index (χ1n) is 8.84. The SMILES string of the molecule is C[C@@H](CC(=O)c1cc(=O)[nH]c(N2CC[C@@H](F)C2)n1)c1ccc(C(F)(F)F)cc1. The fourth-order valence-electron chi connectivity index (χ4n) is 3.15. The maximum absolute atomic E-state index is 13.4. The molecule has 0 radical (unpaired) electrons. The zero-order chi connectivity index (χ0) is 20.5. The molecule has 2 aromatic rings. The fraction of sp³-hybridized carbons (Fsp3) is 0.421. The molecular formula is C19H19F4N3O2. The number of carbonyl (C=O) groups excluding carboxylic acids is 1. The molecule has 9 heteroatoms. The second-order valence-electron chi connectivity index (χ2n) is 6.93. The molecule has 150 valence electrons. The number of rotatable bonds is 5. The molecule has 1 aliphatic heterocycles. The van der Waals surface area contributed by atoms with Crippen LogP contribution in [-0.4, -0.2) is 35.0 Å². The van der Waals surface area contributed by atoms with Crippen LogP contribution in [-0.2, 0) is 6.18 Å². The molecule has 1 saturated heterocycles. The Bertz CT molecular complexity index is 909. The summed E-state index contributed by atoms with van der Waals surface area (Å²) in [5.41, 5.74) is -0.739. The highest BCUT2D eigenvalue weighted by Gasteiger charge is 2.30. The first-order valence-corrected chi connectivity index (χ1v) is 8.84. The van der Waals surface area contributed by atoms with Crippen LogP contribution in [0.3, 0.4) is 0 Å². The van der Waals surface area contributed by atoms with Crippen molar-refractivity contribution in [1.29, 1.82) is 0 Å². The molecule has 28 heavy (non-hydrogen) atoms. The summed E-state index contributed by atoms with van der Waals surface area (Å²) in [4.78, 5) is 32.6. The van der Waals surface area contributed by atoms with Crippen LogP contribution in [0.5, 0.6) is 0 Å². The van der Waals surface area contributed by atoms with Crippen LogP contribution in [0, 0.1) is 0 Å². The summed E-state index contributed by atoms with van der Waals surface area (Å²) in [6.45, 7) is 2.20. The minimum absolute atomic E-state index is 0.0208. The molecule has 1 aliphatic rings. The summed E-state index contributed by atoms with van der Waals surface area (Å²) >= 11 is 0. The zero-order valence-corrected chi connectivity index (χ0v) is 15.1. The lowest BCUT2D eigenvalue weighted by atomic mass is 9.94. The lowest BCUT2D eigenvalue weighted by molar-refractivity contribution is -0.137. The number of nitrogens with zero attached hydrogens (tertiary/aromatic N) is 2. The number of aromatic nitrogens is 2. The van der Waals surface area contributed by atoms with Crippen molar-refractivity contribution in [2.75, 3.05) is 18.0 Å². The third-order valence-corrected chi connectivity index (χ3v) is 4.74. The molecule has 1 N–H and O–H groups in total. The first kappa shape index (κ1) is 20.0. The number of Topliss-reactive ketones (excluding diaryl/α,β-unsaturated/α-hetero) is 1. The van der Waals surface area contributed by atoms with E-state index in [2.05, 4.69) is 9.97 Å². The maximum Gasteiger partial charge on any atom is 0.416 e. The van der Waals surface area contributed by atoms with E-state index in [1.54, 1.807) is 11.8 Å². The number of H-pyrrole nitrogens is 1. The number of alkyl halides is 4. The van der Waals surface area contributed by atoms with Crippen LogP contribution in [0.4, 0.5) is 23.5 Å². The minimum Gasteiger partial charge on any atom is -0.339 e. The largest absolute Gasteiger partial charge is 0.416 e. The normalized spacial score (nSPS) is 18.3. The number of hydrogen-bond acceptors (Lipinski definition) is 4. The molecule has 0 bridgehead atoms. The predicted molar refractivity (Wildman–Crippen MR) is 95.4 cm³/mol. The Morgan fingerprint density at radius 3 is 2.57 bits per heavy atom. The monoisotopic (exact) mass is 397 g/mol. The Labute approximate surface area is 158 Å². The molecule has 2 heterocycles. The van der Waals surface area contributed by atoms with Gasteiger partial charge in [-0.25, -0.2) is 9.37 Å². The Morgan fingerprint density at radius 2 is 2.00 bits per heavy atom. The van der Waals surface area contributed by atoms with Gasteiger partial charge in [0.05, 0.1) is 12.1 Å². The summed E-state index contributed by atoms with van der Waals surface area (Å²) in [5.74, 6) is -0.616. The molecule has 0 amide bonds. The van der Waals surface area contributed by atoms with Gasteiger partial charge in [-0.2, -0.15) is 13.2 Å². The molecule has 0 spiro atoms. The van der Waals surface area contributed by atoms with Crippen LogP contribution in [0.2, 0.25) is 0 Å². The summed E-state index contributed by atoms with van der Waals surface area (Å²) in [5, 5.41) is 0. The number of benzene rings is 1. The average molecular weight is 397 g/mol. The van der Waals surface area contributed by atoms with Gasteiger partial charge in [-0.05, 0) is 30.0 Å². The Balaban J connectivity index is 1.73. The van der Waals surface area contributed by atoms with Gasteiger partial charge in [0, 0.05) is 19.0 Å². The second kappa shape index (κ2) is 7.73. The number of nitrogens with one attached hydrogen (secondary N) is 1. The topological polar surface area (TPSA) is 66.1 Å². The van der Waals surface area contributed by atoms with Gasteiger partial charge >= 0.3 is 6.18 Å². The van der Waals surface area contributed by atoms with Crippen LogP contribution >= 0.6 is 0 Å². The predicted octanol–water partition coefficient (Wildman–Crippen LogP) is 3.71. The van der Waals surface area contributed by atoms with E-state index in [-0.39, 0.29) is 30.5 Å². The molecule has 1 aromatic carbocycles. The molecule has 5 nitrogen and oxygen atoms in total. The van der Waals surface area contributed by atoms with Gasteiger partial charge in [-0.1, -0.05) is 19.1 Å². The standard InChI is InChI=1S/C19H19F4N3O2/c1-11(12-2-4-13(5-3-12)19(21,22)23)8-16(27)15-9-17(28)25-18(24-15)26-7-6-14(20)10-26/h2-5,9,11,14H,6-8,10H2,1H3,(H,24,25,28)/t11-,14+/m0/s1. The smallest absolute Gasteiger partial charge is 0.339 e. The van der Waals surface area contributed by atoms with Crippen molar-refractivity contribution < 1.29 is 22.4 Å². The van der Waals surface area contributed by atoms with Crippen LogP contribution < -0.4 is 10.5 Å². The lowest BCUT2D eigenvalue weighted by Gasteiger charge is -2.16. The summed E-state index contributed by atoms with van der Waals surface area (Å²) in [7, 11) is 0. The second-order valence-corrected chi connectivity index (χ2v) is 6.93. The maximum atomic E-state index is 13.4. The molecule has 1 aromatic heterocycles. The molecule has 0 aliphatic carbocycles. The highest BCUT2D eigenvalue weighted by atomic mass is 19.4. The Hall–Kier alpha value is -2.71. The number of anilines is 1. The van der Waals surface area contributed by atoms with E-state index in [4.69, 9.17) is 0 Å². The van der Waals surface area contributed by atoms with Crippen molar-refractivity contribution >= 4 is 11.7 Å². The van der Waals surface area contributed by atoms with Gasteiger partial charge in [0.15, 0.2) is 5.78 Å². The van der Waals surface area contributed by atoms with E-state index in [1.807, 2.05) is 0 Å². The van der Waals surface area contributed by atoms with Crippen molar-refractivity contribution in [3.8, 4) is 0 Å². The molecule has 3 rings (SSSR count). The summed E-state index contributed by atoms with van der Waals surface area (Å²) in [6, 6.07) is 5.70. The van der Waals surface area contributed by atoms with E-state index in [0.717, 1.165) is 18.2 Å². The van der Waals surface area contributed by atoms with Crippen molar-refractivity contribution in [3.05, 3.63) is 57.5 Å². The third-order valence-electron chi connectivity index (χ3n) is 4.74. The number of hydrogen-bond donors (Lipinski definition) is 1. The van der Waals surface area contributed by atoms with Crippen LogP contribution in [0.15, 0.2) is 35.1 Å². The minimum atomic E-state index is -4.42. The van der Waals surface area contributed by atoms with Gasteiger partial charge < -0.3 is 4.90 Å². The number of halogens is 4. The number of aromatic amines is 1. The van der Waals surface area contributed by atoms with Crippen molar-refractivity contribution in [2.45, 2.75) is 38.0 Å². The van der Waals surface area contributed by atoms with Gasteiger partial charge in [-0.3, -0.25) is 14.6 Å². The molecule has 0 saturated carbocycles. The van der Waals surface area contributed by atoms with Gasteiger partial charge in [-0.15, -0.1) is 0 Å².